The maximum absolute atomic E-state index is 12.3. The summed E-state index contributed by atoms with van der Waals surface area (Å²) in [7, 11) is -2.40. The number of aryl methyl sites for hydroxylation is 1. The summed E-state index contributed by atoms with van der Waals surface area (Å²) in [5.74, 6) is -0.474. The Hall–Kier alpha value is -1.07. The minimum Gasteiger partial charge on any atom is -0.299 e. The Morgan fingerprint density at radius 3 is 2.70 bits per heavy atom. The maximum Gasteiger partial charge on any atom is 0.252 e. The van der Waals surface area contributed by atoms with Crippen LogP contribution in [0, 0.1) is 0 Å². The van der Waals surface area contributed by atoms with Crippen LogP contribution in [-0.2, 0) is 21.2 Å². The van der Waals surface area contributed by atoms with Crippen molar-refractivity contribution in [2.24, 2.45) is 0 Å². The lowest BCUT2D eigenvalue weighted by Crippen LogP contribution is -2.34. The lowest BCUT2D eigenvalue weighted by molar-refractivity contribution is -0.116. The summed E-state index contributed by atoms with van der Waals surface area (Å²) in [6, 6.07) is 2.92. The van der Waals surface area contributed by atoms with E-state index < -0.39 is 15.9 Å². The molecule has 11 heteroatoms. The van der Waals surface area contributed by atoms with Crippen LogP contribution in [0.2, 0.25) is 4.34 Å². The normalized spacial score (nSPS) is 11.8. The van der Waals surface area contributed by atoms with Gasteiger partial charge in [-0.05, 0) is 18.6 Å². The molecule has 7 nitrogen and oxygen atoms in total. The summed E-state index contributed by atoms with van der Waals surface area (Å²) in [6.07, 6.45) is 1.73. The van der Waals surface area contributed by atoms with Crippen LogP contribution in [0.25, 0.3) is 0 Å². The molecule has 0 radical (unpaired) electrons. The van der Waals surface area contributed by atoms with E-state index in [9.17, 15) is 13.2 Å². The fraction of sp³-hybridized carbons (Fsp3) is 0.417. The second-order valence-corrected chi connectivity index (χ2v) is 9.67. The molecule has 2 heterocycles. The summed E-state index contributed by atoms with van der Waals surface area (Å²) in [5.41, 5.74) is 0. The van der Waals surface area contributed by atoms with Gasteiger partial charge in [-0.15, -0.1) is 21.5 Å². The number of halogens is 1. The van der Waals surface area contributed by atoms with E-state index in [1.165, 1.54) is 30.5 Å². The van der Waals surface area contributed by atoms with Crippen LogP contribution < -0.4 is 5.32 Å². The van der Waals surface area contributed by atoms with E-state index in [0.29, 0.717) is 9.47 Å². The Morgan fingerprint density at radius 1 is 1.35 bits per heavy atom. The molecule has 0 saturated carbocycles. The van der Waals surface area contributed by atoms with Crippen LogP contribution in [0.4, 0.5) is 5.13 Å². The predicted molar refractivity (Wildman–Crippen MR) is 91.7 cm³/mol. The smallest absolute Gasteiger partial charge is 0.252 e. The van der Waals surface area contributed by atoms with E-state index in [1.807, 2.05) is 6.92 Å². The van der Waals surface area contributed by atoms with Gasteiger partial charge in [0.15, 0.2) is 0 Å². The van der Waals surface area contributed by atoms with Gasteiger partial charge in [-0.25, -0.2) is 8.42 Å². The second-order valence-electron chi connectivity index (χ2n) is 4.62. The first kappa shape index (κ1) is 18.3. The van der Waals surface area contributed by atoms with Crippen molar-refractivity contribution < 1.29 is 13.2 Å². The molecular formula is C12H15ClN4O3S3. The van der Waals surface area contributed by atoms with Crippen LogP contribution >= 0.6 is 34.3 Å². The fourth-order valence-electron chi connectivity index (χ4n) is 1.65. The molecule has 0 unspecified atom stereocenters. The molecule has 0 saturated heterocycles. The third kappa shape index (κ3) is 4.70. The van der Waals surface area contributed by atoms with Crippen LogP contribution in [0.1, 0.15) is 18.4 Å². The number of nitrogens with zero attached hydrogens (tertiary/aromatic N) is 3. The van der Waals surface area contributed by atoms with Crippen molar-refractivity contribution in [3.8, 4) is 0 Å². The van der Waals surface area contributed by atoms with Crippen molar-refractivity contribution >= 4 is 55.3 Å². The lowest BCUT2D eigenvalue weighted by Gasteiger charge is -2.14. The van der Waals surface area contributed by atoms with Crippen LogP contribution in [0.15, 0.2) is 16.3 Å². The molecule has 2 aromatic rings. The van der Waals surface area contributed by atoms with Gasteiger partial charge >= 0.3 is 0 Å². The Morgan fingerprint density at radius 2 is 2.09 bits per heavy atom. The summed E-state index contributed by atoms with van der Waals surface area (Å²) < 4.78 is 26.0. The molecule has 0 aliphatic rings. The molecule has 0 spiro atoms. The van der Waals surface area contributed by atoms with E-state index in [2.05, 4.69) is 15.5 Å². The van der Waals surface area contributed by atoms with Crippen molar-refractivity contribution in [3.63, 3.8) is 0 Å². The highest BCUT2D eigenvalue weighted by atomic mass is 35.5. The number of nitrogens with one attached hydrogen (secondary N) is 1. The molecule has 23 heavy (non-hydrogen) atoms. The average molecular weight is 395 g/mol. The second kappa shape index (κ2) is 7.67. The molecular weight excluding hydrogens is 380 g/mol. The number of aromatic nitrogens is 2. The monoisotopic (exact) mass is 394 g/mol. The molecule has 1 N–H and O–H groups in total. The minimum atomic E-state index is -3.73. The zero-order valence-corrected chi connectivity index (χ0v) is 15.7. The molecule has 0 atom stereocenters. The van der Waals surface area contributed by atoms with Crippen LogP contribution in [0.5, 0.6) is 0 Å². The quantitative estimate of drug-likeness (QED) is 0.778. The van der Waals surface area contributed by atoms with Gasteiger partial charge in [0.25, 0.3) is 10.0 Å². The average Bonchev–Trinajstić information content (AvgIpc) is 3.08. The number of rotatable bonds is 7. The lowest BCUT2D eigenvalue weighted by atomic mass is 10.4. The van der Waals surface area contributed by atoms with Crippen molar-refractivity contribution in [2.75, 3.05) is 18.9 Å². The first-order valence-corrected chi connectivity index (χ1v) is 10.1. The first-order valence-electron chi connectivity index (χ1n) is 6.67. The third-order valence-corrected chi connectivity index (χ3v) is 7.16. The van der Waals surface area contributed by atoms with Gasteiger partial charge in [0, 0.05) is 13.5 Å². The number of anilines is 1. The zero-order chi connectivity index (χ0) is 17.0. The van der Waals surface area contributed by atoms with Gasteiger partial charge in [0.2, 0.25) is 11.0 Å². The van der Waals surface area contributed by atoms with E-state index in [0.717, 1.165) is 33.5 Å². The van der Waals surface area contributed by atoms with Crippen molar-refractivity contribution in [2.45, 2.75) is 24.0 Å². The van der Waals surface area contributed by atoms with E-state index >= 15 is 0 Å². The molecule has 0 aliphatic heterocycles. The number of sulfonamides is 1. The molecule has 0 aromatic carbocycles. The number of carbonyl (C=O) groups is 1. The van der Waals surface area contributed by atoms with E-state index in [4.69, 9.17) is 11.6 Å². The number of likely N-dealkylation sites (N-methyl/N-ethyl adjacent to an activating group) is 1. The van der Waals surface area contributed by atoms with Gasteiger partial charge in [0.05, 0.1) is 10.9 Å². The highest BCUT2D eigenvalue weighted by molar-refractivity contribution is 7.91. The summed E-state index contributed by atoms with van der Waals surface area (Å²) in [5, 5.41) is 11.6. The summed E-state index contributed by atoms with van der Waals surface area (Å²) in [6.45, 7) is 1.71. The van der Waals surface area contributed by atoms with E-state index in [-0.39, 0.29) is 10.8 Å². The van der Waals surface area contributed by atoms with Crippen molar-refractivity contribution in [1.82, 2.24) is 14.5 Å². The van der Waals surface area contributed by atoms with Gasteiger partial charge < -0.3 is 0 Å². The highest BCUT2D eigenvalue weighted by Crippen LogP contribution is 2.27. The maximum atomic E-state index is 12.3. The van der Waals surface area contributed by atoms with Gasteiger partial charge in [-0.2, -0.15) is 4.31 Å². The number of carbonyl (C=O) groups excluding carboxylic acids is 1. The Balaban J connectivity index is 1.98. The topological polar surface area (TPSA) is 92.3 Å². The molecule has 126 valence electrons. The van der Waals surface area contributed by atoms with Gasteiger partial charge in [-0.3, -0.25) is 10.1 Å². The zero-order valence-electron chi connectivity index (χ0n) is 12.4. The molecule has 0 bridgehead atoms. The van der Waals surface area contributed by atoms with Gasteiger partial charge in [0.1, 0.15) is 9.22 Å². The SMILES string of the molecule is CCCc1nnc(NC(=O)CN(C)S(=O)(=O)c2ccc(Cl)s2)s1. The first-order chi connectivity index (χ1) is 10.8. The largest absolute Gasteiger partial charge is 0.299 e. The number of hydrogen-bond acceptors (Lipinski definition) is 7. The molecule has 2 aromatic heterocycles. The fourth-order valence-corrected chi connectivity index (χ4v) is 5.33. The van der Waals surface area contributed by atoms with E-state index in [1.54, 1.807) is 0 Å². The highest BCUT2D eigenvalue weighted by Gasteiger charge is 2.25. The third-order valence-electron chi connectivity index (χ3n) is 2.76. The number of amides is 1. The standard InChI is InChI=1S/C12H15ClN4O3S3/c1-3-4-10-15-16-12(22-10)14-9(18)7-17(2)23(19,20)11-6-5-8(13)21-11/h5-6H,3-4,7H2,1-2H3,(H,14,16,18). The molecule has 1 amide bonds. The molecule has 2 rings (SSSR count). The van der Waals surface area contributed by atoms with Crippen molar-refractivity contribution in [3.05, 3.63) is 21.5 Å². The number of hydrogen-bond donors (Lipinski definition) is 1. The number of thiophene rings is 1. The van der Waals surface area contributed by atoms with Gasteiger partial charge in [-0.1, -0.05) is 29.9 Å². The summed E-state index contributed by atoms with van der Waals surface area (Å²) in [4.78, 5) is 12.0. The van der Waals surface area contributed by atoms with Crippen molar-refractivity contribution in [1.29, 1.82) is 0 Å². The molecule has 0 fully saturated rings. The Bertz CT molecular complexity index is 787. The Kier molecular flexibility index (Phi) is 6.09. The predicted octanol–water partition coefficient (Wildman–Crippen LogP) is 2.46. The Labute approximate surface area is 147 Å². The minimum absolute atomic E-state index is 0.0962. The molecule has 0 aliphatic carbocycles. The summed E-state index contributed by atoms with van der Waals surface area (Å²) >= 11 is 7.98. The van der Waals surface area contributed by atoms with Crippen LogP contribution in [0.3, 0.4) is 0 Å². The van der Waals surface area contributed by atoms with Crippen LogP contribution in [-0.4, -0.2) is 42.4 Å².